The molecule has 0 saturated carbocycles. The van der Waals surface area contributed by atoms with Crippen LogP contribution in [0.5, 0.6) is 5.75 Å². The molecule has 0 saturated heterocycles. The minimum absolute atomic E-state index is 0.159. The molecule has 2 rings (SSSR count). The highest BCUT2D eigenvalue weighted by Gasteiger charge is 2.04. The molecule has 0 spiro atoms. The molecule has 0 unspecified atom stereocenters. The average molecular weight is 301 g/mol. The molecule has 0 N–H and O–H groups in total. The zero-order chi connectivity index (χ0) is 15.1. The van der Waals surface area contributed by atoms with Gasteiger partial charge in [0.2, 0.25) is 0 Å². The fourth-order valence-electron chi connectivity index (χ4n) is 1.64. The fraction of sp³-hybridized carbons (Fsp3) is 0.125. The maximum atomic E-state index is 13.2. The molecule has 0 aliphatic rings. The van der Waals surface area contributed by atoms with Crippen LogP contribution in [0, 0.1) is 29.0 Å². The average Bonchev–Trinajstić information content (AvgIpc) is 2.52. The van der Waals surface area contributed by atoms with E-state index in [0.29, 0.717) is 17.0 Å². The molecule has 0 fully saturated rings. The maximum Gasteiger partial charge on any atom is 0.140 e. The van der Waals surface area contributed by atoms with E-state index in [0.717, 1.165) is 5.56 Å². The van der Waals surface area contributed by atoms with Gasteiger partial charge in [0, 0.05) is 6.20 Å². The largest absolute Gasteiger partial charge is 0.488 e. The Morgan fingerprint density at radius 1 is 1.29 bits per heavy atom. The van der Waals surface area contributed by atoms with E-state index in [1.165, 1.54) is 24.4 Å². The number of nitriles is 1. The van der Waals surface area contributed by atoms with Gasteiger partial charge in [0.05, 0.1) is 11.4 Å². The number of hydrogen-bond acceptors (Lipinski definition) is 3. The highest BCUT2D eigenvalue weighted by molar-refractivity contribution is 6.19. The smallest absolute Gasteiger partial charge is 0.140 e. The molecule has 104 valence electrons. The standard InChI is InChI=1S/C16H10ClFN2O/c17-6-1-2-13-9-14(18)3-4-16(13)21-11-12-5-7-20-15(8-12)10-19/h3-5,7-9H,6,11H2. The molecule has 21 heavy (non-hydrogen) atoms. The summed E-state index contributed by atoms with van der Waals surface area (Å²) in [5.74, 6) is 5.64. The lowest BCUT2D eigenvalue weighted by Gasteiger charge is -2.08. The molecular weight excluding hydrogens is 291 g/mol. The van der Waals surface area contributed by atoms with Gasteiger partial charge in [0.1, 0.15) is 29.9 Å². The van der Waals surface area contributed by atoms with Crippen LogP contribution >= 0.6 is 11.6 Å². The van der Waals surface area contributed by atoms with Crippen molar-refractivity contribution in [3.63, 3.8) is 0 Å². The van der Waals surface area contributed by atoms with Crippen LogP contribution in [-0.2, 0) is 6.61 Å². The first-order valence-corrected chi connectivity index (χ1v) is 6.58. The number of pyridine rings is 1. The van der Waals surface area contributed by atoms with Gasteiger partial charge in [-0.05, 0) is 35.9 Å². The topological polar surface area (TPSA) is 45.9 Å². The van der Waals surface area contributed by atoms with E-state index in [2.05, 4.69) is 16.8 Å². The fourth-order valence-corrected chi connectivity index (χ4v) is 1.71. The lowest BCUT2D eigenvalue weighted by Crippen LogP contribution is -1.99. The Hall–Kier alpha value is -2.56. The van der Waals surface area contributed by atoms with Crippen molar-refractivity contribution in [2.75, 3.05) is 5.88 Å². The van der Waals surface area contributed by atoms with Crippen molar-refractivity contribution in [1.82, 2.24) is 4.98 Å². The van der Waals surface area contributed by atoms with Crippen LogP contribution in [0.3, 0.4) is 0 Å². The molecule has 0 aliphatic heterocycles. The number of rotatable bonds is 3. The molecular formula is C16H10ClFN2O. The van der Waals surface area contributed by atoms with Gasteiger partial charge in [-0.1, -0.05) is 11.8 Å². The summed E-state index contributed by atoms with van der Waals surface area (Å²) >= 11 is 5.50. The third-order valence-corrected chi connectivity index (χ3v) is 2.70. The minimum atomic E-state index is -0.392. The molecule has 2 aromatic rings. The van der Waals surface area contributed by atoms with Gasteiger partial charge in [-0.3, -0.25) is 0 Å². The highest BCUT2D eigenvalue weighted by Crippen LogP contribution is 2.20. The molecule has 3 nitrogen and oxygen atoms in total. The third-order valence-electron chi connectivity index (χ3n) is 2.56. The van der Waals surface area contributed by atoms with Gasteiger partial charge in [0.15, 0.2) is 0 Å². The van der Waals surface area contributed by atoms with Crippen molar-refractivity contribution in [3.8, 4) is 23.7 Å². The number of alkyl halides is 1. The van der Waals surface area contributed by atoms with Crippen LogP contribution in [0.15, 0.2) is 36.5 Å². The molecule has 1 heterocycles. The lowest BCUT2D eigenvalue weighted by atomic mass is 10.2. The Balaban J connectivity index is 2.18. The predicted molar refractivity (Wildman–Crippen MR) is 77.3 cm³/mol. The molecule has 0 amide bonds. The maximum absolute atomic E-state index is 13.2. The summed E-state index contributed by atoms with van der Waals surface area (Å²) < 4.78 is 18.9. The quantitative estimate of drug-likeness (QED) is 0.645. The van der Waals surface area contributed by atoms with Gasteiger partial charge in [0.25, 0.3) is 0 Å². The Morgan fingerprint density at radius 2 is 2.14 bits per heavy atom. The van der Waals surface area contributed by atoms with Crippen molar-refractivity contribution in [3.05, 3.63) is 59.2 Å². The Bertz CT molecular complexity index is 744. The normalized spacial score (nSPS) is 9.38. The van der Waals surface area contributed by atoms with Gasteiger partial charge >= 0.3 is 0 Å². The zero-order valence-electron chi connectivity index (χ0n) is 10.9. The lowest BCUT2D eigenvalue weighted by molar-refractivity contribution is 0.304. The van der Waals surface area contributed by atoms with E-state index in [-0.39, 0.29) is 12.5 Å². The Labute approximate surface area is 127 Å². The summed E-state index contributed by atoms with van der Waals surface area (Å²) in [6, 6.07) is 9.44. The first-order valence-electron chi connectivity index (χ1n) is 6.05. The Kier molecular flexibility index (Phi) is 5.15. The van der Waals surface area contributed by atoms with E-state index >= 15 is 0 Å². The highest BCUT2D eigenvalue weighted by atomic mass is 35.5. The van der Waals surface area contributed by atoms with Gasteiger partial charge < -0.3 is 4.74 Å². The summed E-state index contributed by atoms with van der Waals surface area (Å²) in [6.07, 6.45) is 1.54. The summed E-state index contributed by atoms with van der Waals surface area (Å²) in [5.41, 5.74) is 1.55. The number of benzene rings is 1. The molecule has 0 atom stereocenters. The van der Waals surface area contributed by atoms with Crippen LogP contribution in [0.1, 0.15) is 16.8 Å². The number of halogens is 2. The molecule has 1 aromatic carbocycles. The molecule has 1 aromatic heterocycles. The molecule has 5 heteroatoms. The van der Waals surface area contributed by atoms with Crippen LogP contribution in [-0.4, -0.2) is 10.9 Å². The van der Waals surface area contributed by atoms with E-state index in [1.807, 2.05) is 6.07 Å². The number of ether oxygens (including phenoxy) is 1. The van der Waals surface area contributed by atoms with Crippen LogP contribution < -0.4 is 4.74 Å². The predicted octanol–water partition coefficient (Wildman–Crippen LogP) is 3.26. The van der Waals surface area contributed by atoms with E-state index in [4.69, 9.17) is 21.6 Å². The van der Waals surface area contributed by atoms with Gasteiger partial charge in [-0.25, -0.2) is 9.37 Å². The van der Waals surface area contributed by atoms with Crippen molar-refractivity contribution in [2.45, 2.75) is 6.61 Å². The summed E-state index contributed by atoms with van der Waals surface area (Å²) in [5, 5.41) is 8.79. The van der Waals surface area contributed by atoms with Crippen molar-refractivity contribution < 1.29 is 9.13 Å². The molecule has 0 bridgehead atoms. The molecule has 0 aliphatic carbocycles. The Morgan fingerprint density at radius 3 is 2.90 bits per heavy atom. The second-order valence-electron chi connectivity index (χ2n) is 4.03. The number of hydrogen-bond donors (Lipinski definition) is 0. The monoisotopic (exact) mass is 300 g/mol. The number of aromatic nitrogens is 1. The van der Waals surface area contributed by atoms with Crippen molar-refractivity contribution in [1.29, 1.82) is 5.26 Å². The summed E-state index contributed by atoms with van der Waals surface area (Å²) in [6.45, 7) is 0.235. The van der Waals surface area contributed by atoms with Crippen molar-refractivity contribution in [2.24, 2.45) is 0 Å². The third kappa shape index (κ3) is 4.21. The van der Waals surface area contributed by atoms with Crippen LogP contribution in [0.4, 0.5) is 4.39 Å². The minimum Gasteiger partial charge on any atom is -0.488 e. The van der Waals surface area contributed by atoms with E-state index < -0.39 is 5.82 Å². The first kappa shape index (κ1) is 14.8. The van der Waals surface area contributed by atoms with Gasteiger partial charge in [-0.15, -0.1) is 11.6 Å². The second-order valence-corrected chi connectivity index (χ2v) is 4.29. The number of nitrogens with zero attached hydrogens (tertiary/aromatic N) is 2. The second kappa shape index (κ2) is 7.28. The van der Waals surface area contributed by atoms with Crippen molar-refractivity contribution >= 4 is 11.6 Å². The SMILES string of the molecule is N#Cc1cc(COc2ccc(F)cc2C#CCCl)ccn1. The van der Waals surface area contributed by atoms with E-state index in [9.17, 15) is 4.39 Å². The van der Waals surface area contributed by atoms with Gasteiger partial charge in [-0.2, -0.15) is 5.26 Å². The molecule has 0 radical (unpaired) electrons. The zero-order valence-corrected chi connectivity index (χ0v) is 11.7. The van der Waals surface area contributed by atoms with Crippen LogP contribution in [0.25, 0.3) is 0 Å². The summed E-state index contributed by atoms with van der Waals surface area (Å²) in [4.78, 5) is 3.88. The summed E-state index contributed by atoms with van der Waals surface area (Å²) in [7, 11) is 0. The van der Waals surface area contributed by atoms with Crippen LogP contribution in [0.2, 0.25) is 0 Å². The van der Waals surface area contributed by atoms with E-state index in [1.54, 1.807) is 12.1 Å². The first-order chi connectivity index (χ1) is 10.2.